The van der Waals surface area contributed by atoms with Crippen LogP contribution in [0.5, 0.6) is 17.2 Å². The van der Waals surface area contributed by atoms with Crippen molar-refractivity contribution in [2.24, 2.45) is 0 Å². The van der Waals surface area contributed by atoms with Gasteiger partial charge in [-0.25, -0.2) is 13.8 Å². The van der Waals surface area contributed by atoms with Crippen molar-refractivity contribution < 1.29 is 23.0 Å². The molecule has 6 nitrogen and oxygen atoms in total. The molecular formula is C26H28F2IN3O3SSi. The number of hydrogen-bond acceptors (Lipinski definition) is 6. The Morgan fingerprint density at radius 2 is 1.81 bits per heavy atom. The van der Waals surface area contributed by atoms with E-state index < -0.39 is 31.0 Å². The molecule has 11 heteroatoms. The van der Waals surface area contributed by atoms with E-state index in [-0.39, 0.29) is 5.69 Å². The van der Waals surface area contributed by atoms with Crippen molar-refractivity contribution in [1.29, 1.82) is 0 Å². The van der Waals surface area contributed by atoms with Gasteiger partial charge in [-0.1, -0.05) is 37.8 Å². The highest BCUT2D eigenvalue weighted by molar-refractivity contribution is 14.1. The largest absolute Gasteiger partial charge is 0.462 e. The molecular weight excluding hydrogens is 627 g/mol. The minimum Gasteiger partial charge on any atom is -0.462 e. The van der Waals surface area contributed by atoms with Crippen molar-refractivity contribution in [3.8, 4) is 17.2 Å². The molecule has 1 N–H and O–H groups in total. The first-order chi connectivity index (χ1) is 17.6. The van der Waals surface area contributed by atoms with Crippen molar-refractivity contribution in [2.75, 3.05) is 11.9 Å². The van der Waals surface area contributed by atoms with Crippen LogP contribution in [-0.2, 0) is 11.5 Å². The summed E-state index contributed by atoms with van der Waals surface area (Å²) in [5.41, 5.74) is -0.0403. The van der Waals surface area contributed by atoms with Crippen LogP contribution >= 0.6 is 35.2 Å². The monoisotopic (exact) mass is 655 g/mol. The van der Waals surface area contributed by atoms with E-state index in [2.05, 4.69) is 65.2 Å². The van der Waals surface area contributed by atoms with Gasteiger partial charge in [0.05, 0.1) is 5.39 Å². The average molecular weight is 656 g/mol. The summed E-state index contributed by atoms with van der Waals surface area (Å²) < 4.78 is 49.9. The van der Waals surface area contributed by atoms with E-state index >= 15 is 0 Å². The number of halogens is 3. The van der Waals surface area contributed by atoms with Crippen LogP contribution in [0.15, 0.2) is 60.9 Å². The fourth-order valence-corrected chi connectivity index (χ4v) is 5.38. The number of ether oxygens (including phenoxy) is 3. The van der Waals surface area contributed by atoms with E-state index in [0.717, 1.165) is 21.7 Å². The molecule has 0 radical (unpaired) electrons. The van der Waals surface area contributed by atoms with Gasteiger partial charge >= 0.3 is 0 Å². The first-order valence-electron chi connectivity index (χ1n) is 11.6. The molecule has 0 saturated heterocycles. The highest BCUT2D eigenvalue weighted by Crippen LogP contribution is 2.36. The van der Waals surface area contributed by atoms with Crippen LogP contribution in [0.2, 0.25) is 25.7 Å². The molecule has 0 saturated carbocycles. The van der Waals surface area contributed by atoms with Crippen molar-refractivity contribution in [1.82, 2.24) is 9.55 Å². The summed E-state index contributed by atoms with van der Waals surface area (Å²) >= 11 is 6.45. The van der Waals surface area contributed by atoms with Gasteiger partial charge < -0.3 is 24.1 Å². The number of aromatic nitrogens is 2. The molecule has 2 aromatic carbocycles. The zero-order chi connectivity index (χ0) is 26.6. The van der Waals surface area contributed by atoms with Crippen LogP contribution in [0.3, 0.4) is 0 Å². The molecule has 2 aromatic heterocycles. The van der Waals surface area contributed by atoms with Gasteiger partial charge in [0.15, 0.2) is 17.4 Å². The van der Waals surface area contributed by atoms with Gasteiger partial charge in [0.25, 0.3) is 0 Å². The Morgan fingerprint density at radius 1 is 1.11 bits per heavy atom. The molecule has 0 aliphatic rings. The van der Waals surface area contributed by atoms with Gasteiger partial charge in [0.1, 0.15) is 23.9 Å². The summed E-state index contributed by atoms with van der Waals surface area (Å²) in [7, 11) is -1.20. The third kappa shape index (κ3) is 7.36. The Bertz CT molecular complexity index is 1350. The summed E-state index contributed by atoms with van der Waals surface area (Å²) in [6, 6.07) is 13.9. The maximum absolute atomic E-state index is 15.0. The van der Waals surface area contributed by atoms with E-state index in [0.29, 0.717) is 35.9 Å². The van der Waals surface area contributed by atoms with Crippen LogP contribution < -0.4 is 14.8 Å². The lowest BCUT2D eigenvalue weighted by atomic mass is 10.2. The van der Waals surface area contributed by atoms with Crippen LogP contribution in [0, 0.1) is 15.2 Å². The minimum absolute atomic E-state index is 0.161. The number of para-hydroxylation sites is 1. The number of fused-ring (bicyclic) bond motifs is 1. The lowest BCUT2D eigenvalue weighted by Gasteiger charge is -2.17. The summed E-state index contributed by atoms with van der Waals surface area (Å²) in [4.78, 5) is 4.44. The van der Waals surface area contributed by atoms with E-state index in [1.54, 1.807) is 24.4 Å². The third-order valence-electron chi connectivity index (χ3n) is 5.39. The van der Waals surface area contributed by atoms with Crippen molar-refractivity contribution in [3.05, 3.63) is 76.1 Å². The van der Waals surface area contributed by atoms with Gasteiger partial charge in [0, 0.05) is 48.5 Å². The van der Waals surface area contributed by atoms with Gasteiger partial charge in [-0.15, -0.1) is 12.6 Å². The fraction of sp³-hybridized carbons (Fsp3) is 0.269. The first-order valence-corrected chi connectivity index (χ1v) is 17.0. The summed E-state index contributed by atoms with van der Waals surface area (Å²) in [5, 5.41) is 3.48. The maximum Gasteiger partial charge on any atom is 0.216 e. The molecule has 0 aliphatic carbocycles. The Labute approximate surface area is 234 Å². The smallest absolute Gasteiger partial charge is 0.216 e. The zero-order valence-corrected chi connectivity index (χ0v) is 24.7. The quantitative estimate of drug-likeness (QED) is 0.0570. The number of rotatable bonds is 11. The SMILES string of the molecule is C[Si](C)(C)CCOCn1cc(I)c2c(Oc3c(F)cc(NC(S)Oc4ccccc4)cc3F)ccnc21. The van der Waals surface area contributed by atoms with Gasteiger partial charge in [-0.3, -0.25) is 0 Å². The predicted octanol–water partition coefficient (Wildman–Crippen LogP) is 7.73. The summed E-state index contributed by atoms with van der Waals surface area (Å²) in [6.45, 7) is 7.89. The van der Waals surface area contributed by atoms with Gasteiger partial charge in [-0.05, 0) is 46.8 Å². The number of anilines is 1. The average Bonchev–Trinajstić information content (AvgIpc) is 3.15. The normalized spacial score (nSPS) is 12.5. The number of hydrogen-bond donors (Lipinski definition) is 2. The van der Waals surface area contributed by atoms with Crippen LogP contribution in [0.4, 0.5) is 14.5 Å². The lowest BCUT2D eigenvalue weighted by molar-refractivity contribution is 0.0898. The topological polar surface area (TPSA) is 57.5 Å². The van der Waals surface area contributed by atoms with Gasteiger partial charge in [0.2, 0.25) is 5.56 Å². The Hall–Kier alpha value is -2.35. The van der Waals surface area contributed by atoms with Gasteiger partial charge in [-0.2, -0.15) is 0 Å². The van der Waals surface area contributed by atoms with Crippen LogP contribution in [0.1, 0.15) is 0 Å². The highest BCUT2D eigenvalue weighted by Gasteiger charge is 2.20. The molecule has 0 bridgehead atoms. The molecule has 0 aliphatic heterocycles. The van der Waals surface area contributed by atoms with E-state index in [4.69, 9.17) is 14.2 Å². The zero-order valence-electron chi connectivity index (χ0n) is 20.7. The van der Waals surface area contributed by atoms with Crippen molar-refractivity contribution >= 4 is 60.0 Å². The second kappa shape index (κ2) is 12.0. The molecule has 0 fully saturated rings. The Balaban J connectivity index is 1.49. The minimum atomic E-state index is -1.20. The summed E-state index contributed by atoms with van der Waals surface area (Å²) in [5.74, 6) is -1.37. The molecule has 2 heterocycles. The first kappa shape index (κ1) is 27.7. The molecule has 1 atom stereocenters. The van der Waals surface area contributed by atoms with E-state index in [1.807, 2.05) is 29.0 Å². The second-order valence-electron chi connectivity index (χ2n) is 9.60. The van der Waals surface area contributed by atoms with Crippen molar-refractivity contribution in [2.45, 2.75) is 38.0 Å². The molecule has 0 amide bonds. The van der Waals surface area contributed by atoms with E-state index in [9.17, 15) is 8.78 Å². The Morgan fingerprint density at radius 3 is 2.49 bits per heavy atom. The maximum atomic E-state index is 15.0. The fourth-order valence-electron chi connectivity index (χ4n) is 3.51. The second-order valence-corrected chi connectivity index (χ2v) is 16.9. The number of nitrogens with one attached hydrogen (secondary N) is 1. The summed E-state index contributed by atoms with van der Waals surface area (Å²) in [6.07, 6.45) is 3.43. The predicted molar refractivity (Wildman–Crippen MR) is 156 cm³/mol. The molecule has 4 rings (SSSR count). The standard InChI is InChI=1S/C26H28F2IN3O3SSi/c1-37(2,3)12-11-33-16-32-15-21(29)23-22(9-10-30-25(23)32)35-24-19(27)13-17(14-20(24)28)31-26(36)34-18-7-5-4-6-8-18/h4-10,13-15,26,31,36H,11-12,16H2,1-3H3. The molecule has 0 spiro atoms. The molecule has 37 heavy (non-hydrogen) atoms. The number of thiol groups is 1. The Kier molecular flexibility index (Phi) is 8.98. The molecule has 1 unspecified atom stereocenters. The van der Waals surface area contributed by atoms with Crippen LogP contribution in [0.25, 0.3) is 11.0 Å². The number of nitrogens with zero attached hydrogens (tertiary/aromatic N) is 2. The molecule has 196 valence electrons. The van der Waals surface area contributed by atoms with Crippen molar-refractivity contribution in [3.63, 3.8) is 0 Å². The molecule has 4 aromatic rings. The number of benzene rings is 2. The third-order valence-corrected chi connectivity index (χ3v) is 8.15. The van der Waals surface area contributed by atoms with E-state index in [1.165, 1.54) is 0 Å². The highest BCUT2D eigenvalue weighted by atomic mass is 127. The van der Waals surface area contributed by atoms with Crippen LogP contribution in [-0.4, -0.2) is 29.8 Å². The lowest BCUT2D eigenvalue weighted by Crippen LogP contribution is -2.22. The number of pyridine rings is 1.